The molecule has 0 aliphatic heterocycles. The van der Waals surface area contributed by atoms with Crippen LogP contribution in [0.4, 0.5) is 0 Å². The van der Waals surface area contributed by atoms with Crippen molar-refractivity contribution in [1.29, 1.82) is 0 Å². The van der Waals surface area contributed by atoms with Crippen LogP contribution >= 0.6 is 0 Å². The second kappa shape index (κ2) is 3.22. The summed E-state index contributed by atoms with van der Waals surface area (Å²) in [4.78, 5) is 7.08. The molecule has 1 aromatic rings. The van der Waals surface area contributed by atoms with Gasteiger partial charge in [0.1, 0.15) is 0 Å². The monoisotopic (exact) mass is 158 g/mol. The zero-order valence-corrected chi connectivity index (χ0v) is 6.64. The van der Waals surface area contributed by atoms with Crippen LogP contribution in [0.1, 0.15) is 11.6 Å². The molecule has 2 nitrogen and oxygen atoms in total. The van der Waals surface area contributed by atoms with E-state index in [1.807, 2.05) is 30.5 Å². The summed E-state index contributed by atoms with van der Waals surface area (Å²) in [5.41, 5.74) is 1.13. The fourth-order valence-electron chi connectivity index (χ4n) is 1.22. The van der Waals surface area contributed by atoms with Gasteiger partial charge in [-0.2, -0.15) is 0 Å². The van der Waals surface area contributed by atoms with Crippen LogP contribution in [0.5, 0.6) is 0 Å². The summed E-state index contributed by atoms with van der Waals surface area (Å²) in [6.45, 7) is 0. The van der Waals surface area contributed by atoms with Gasteiger partial charge in [-0.25, -0.2) is 4.98 Å². The summed E-state index contributed by atoms with van der Waals surface area (Å²) in [6, 6.07) is 0. The quantitative estimate of drug-likeness (QED) is 0.666. The Morgan fingerprint density at radius 1 is 1.08 bits per heavy atom. The Morgan fingerprint density at radius 2 is 1.83 bits per heavy atom. The molecule has 0 bridgehead atoms. The van der Waals surface area contributed by atoms with Crippen molar-refractivity contribution in [2.45, 2.75) is 5.92 Å². The molecule has 1 aliphatic rings. The third-order valence-corrected chi connectivity index (χ3v) is 1.85. The Kier molecular flexibility index (Phi) is 1.90. The molecule has 1 N–H and O–H groups in total. The number of aromatic nitrogens is 2. The maximum absolute atomic E-state index is 3.98. The van der Waals surface area contributed by atoms with Crippen molar-refractivity contribution in [2.24, 2.45) is 0 Å². The molecule has 0 fully saturated rings. The fraction of sp³-hybridized carbons (Fsp3) is 0.100. The van der Waals surface area contributed by atoms with Gasteiger partial charge in [-0.3, -0.25) is 0 Å². The second-order valence-electron chi connectivity index (χ2n) is 2.69. The minimum Gasteiger partial charge on any atom is -0.348 e. The average Bonchev–Trinajstić information content (AvgIpc) is 2.48. The van der Waals surface area contributed by atoms with E-state index in [1.165, 1.54) is 0 Å². The molecule has 0 amide bonds. The van der Waals surface area contributed by atoms with Gasteiger partial charge in [0.05, 0.1) is 6.33 Å². The molecule has 1 aromatic heterocycles. The van der Waals surface area contributed by atoms with E-state index in [-0.39, 0.29) is 0 Å². The molecule has 1 heterocycles. The van der Waals surface area contributed by atoms with E-state index >= 15 is 0 Å². The van der Waals surface area contributed by atoms with Crippen molar-refractivity contribution in [3.8, 4) is 0 Å². The molecule has 2 rings (SSSR count). The molecular formula is C10H10N2. The van der Waals surface area contributed by atoms with Crippen LogP contribution in [0.2, 0.25) is 0 Å². The SMILES string of the molecule is C1=CC=CC(c2cnc[nH]2)C=C1. The summed E-state index contributed by atoms with van der Waals surface area (Å²) in [7, 11) is 0. The normalized spacial score (nSPS) is 16.7. The van der Waals surface area contributed by atoms with Crippen molar-refractivity contribution in [2.75, 3.05) is 0 Å². The first kappa shape index (κ1) is 7.10. The molecule has 60 valence electrons. The number of H-pyrrole nitrogens is 1. The van der Waals surface area contributed by atoms with Gasteiger partial charge in [-0.05, 0) is 0 Å². The maximum Gasteiger partial charge on any atom is 0.0922 e. The van der Waals surface area contributed by atoms with Gasteiger partial charge in [0.15, 0.2) is 0 Å². The Morgan fingerprint density at radius 3 is 2.42 bits per heavy atom. The Hall–Kier alpha value is -1.57. The zero-order chi connectivity index (χ0) is 8.23. The van der Waals surface area contributed by atoms with Gasteiger partial charge in [-0.15, -0.1) is 0 Å². The number of rotatable bonds is 1. The summed E-state index contributed by atoms with van der Waals surface area (Å²) >= 11 is 0. The van der Waals surface area contributed by atoms with E-state index < -0.39 is 0 Å². The number of hydrogen-bond acceptors (Lipinski definition) is 1. The number of allylic oxidation sites excluding steroid dienone is 6. The molecule has 0 aromatic carbocycles. The lowest BCUT2D eigenvalue weighted by Crippen LogP contribution is -1.89. The van der Waals surface area contributed by atoms with Crippen molar-refractivity contribution in [3.63, 3.8) is 0 Å². The number of nitrogens with one attached hydrogen (secondary N) is 1. The van der Waals surface area contributed by atoms with Crippen LogP contribution in [0.15, 0.2) is 49.0 Å². The van der Waals surface area contributed by atoms with E-state index in [0.717, 1.165) is 5.69 Å². The number of aromatic amines is 1. The first-order valence-corrected chi connectivity index (χ1v) is 3.97. The standard InChI is InChI=1S/C10H10N2/c1-2-4-6-9(5-3-1)10-7-11-8-12-10/h1-9H,(H,11,12). The van der Waals surface area contributed by atoms with Crippen LogP contribution in [-0.4, -0.2) is 9.97 Å². The first-order chi connectivity index (χ1) is 5.97. The lowest BCUT2D eigenvalue weighted by Gasteiger charge is -2.01. The van der Waals surface area contributed by atoms with Gasteiger partial charge in [-0.1, -0.05) is 36.5 Å². The molecule has 0 spiro atoms. The van der Waals surface area contributed by atoms with E-state index in [9.17, 15) is 0 Å². The average molecular weight is 158 g/mol. The first-order valence-electron chi connectivity index (χ1n) is 3.97. The van der Waals surface area contributed by atoms with Gasteiger partial charge in [0, 0.05) is 17.8 Å². The van der Waals surface area contributed by atoms with Crippen molar-refractivity contribution in [3.05, 3.63) is 54.7 Å². The third-order valence-electron chi connectivity index (χ3n) is 1.85. The number of imidazole rings is 1. The molecule has 0 radical (unpaired) electrons. The largest absolute Gasteiger partial charge is 0.348 e. The van der Waals surface area contributed by atoms with Gasteiger partial charge in [0.2, 0.25) is 0 Å². The van der Waals surface area contributed by atoms with Crippen LogP contribution in [-0.2, 0) is 0 Å². The summed E-state index contributed by atoms with van der Waals surface area (Å²) in [5.74, 6) is 0.336. The minimum absolute atomic E-state index is 0.336. The lowest BCUT2D eigenvalue weighted by atomic mass is 10.1. The lowest BCUT2D eigenvalue weighted by molar-refractivity contribution is 1.02. The van der Waals surface area contributed by atoms with Gasteiger partial charge in [0.25, 0.3) is 0 Å². The smallest absolute Gasteiger partial charge is 0.0922 e. The maximum atomic E-state index is 3.98. The van der Waals surface area contributed by atoms with Gasteiger partial charge >= 0.3 is 0 Å². The van der Waals surface area contributed by atoms with Crippen molar-refractivity contribution < 1.29 is 0 Å². The van der Waals surface area contributed by atoms with E-state index in [0.29, 0.717) is 5.92 Å². The van der Waals surface area contributed by atoms with E-state index in [2.05, 4.69) is 22.1 Å². The van der Waals surface area contributed by atoms with E-state index in [4.69, 9.17) is 0 Å². The molecule has 0 unspecified atom stereocenters. The number of nitrogens with zero attached hydrogens (tertiary/aromatic N) is 1. The summed E-state index contributed by atoms with van der Waals surface area (Å²) in [6.07, 6.45) is 16.0. The summed E-state index contributed by atoms with van der Waals surface area (Å²) in [5, 5.41) is 0. The van der Waals surface area contributed by atoms with Crippen LogP contribution in [0, 0.1) is 0 Å². The predicted octanol–water partition coefficient (Wildman–Crippen LogP) is 2.18. The molecule has 12 heavy (non-hydrogen) atoms. The second-order valence-corrected chi connectivity index (χ2v) is 2.69. The molecule has 0 saturated carbocycles. The minimum atomic E-state index is 0.336. The van der Waals surface area contributed by atoms with Crippen LogP contribution in [0.25, 0.3) is 0 Å². The zero-order valence-electron chi connectivity index (χ0n) is 6.64. The highest BCUT2D eigenvalue weighted by Gasteiger charge is 2.04. The summed E-state index contributed by atoms with van der Waals surface area (Å²) < 4.78 is 0. The van der Waals surface area contributed by atoms with E-state index in [1.54, 1.807) is 6.33 Å². The van der Waals surface area contributed by atoms with Gasteiger partial charge < -0.3 is 4.98 Å². The Labute approximate surface area is 71.3 Å². The third kappa shape index (κ3) is 1.37. The molecule has 1 aliphatic carbocycles. The molecule has 0 saturated heterocycles. The molecular weight excluding hydrogens is 148 g/mol. The van der Waals surface area contributed by atoms with Crippen molar-refractivity contribution >= 4 is 0 Å². The molecule has 2 heteroatoms. The van der Waals surface area contributed by atoms with Crippen LogP contribution < -0.4 is 0 Å². The predicted molar refractivity (Wildman–Crippen MR) is 48.7 cm³/mol. The highest BCUT2D eigenvalue weighted by Crippen LogP contribution is 2.17. The Balaban J connectivity index is 2.25. The fourth-order valence-corrected chi connectivity index (χ4v) is 1.22. The number of hydrogen-bond donors (Lipinski definition) is 1. The van der Waals surface area contributed by atoms with Crippen molar-refractivity contribution in [1.82, 2.24) is 9.97 Å². The topological polar surface area (TPSA) is 28.7 Å². The highest BCUT2D eigenvalue weighted by atomic mass is 14.9. The highest BCUT2D eigenvalue weighted by molar-refractivity contribution is 5.28. The van der Waals surface area contributed by atoms with Crippen LogP contribution in [0.3, 0.4) is 0 Å². The molecule has 0 atom stereocenters. The Bertz CT molecular complexity index is 302.